The van der Waals surface area contributed by atoms with Crippen LogP contribution in [0.3, 0.4) is 0 Å². The Morgan fingerprint density at radius 1 is 1.05 bits per heavy atom. The minimum atomic E-state index is 0.341. The Balaban J connectivity index is 1.86. The fourth-order valence-corrected chi connectivity index (χ4v) is 3.42. The van der Waals surface area contributed by atoms with Gasteiger partial charge in [0.15, 0.2) is 0 Å². The van der Waals surface area contributed by atoms with Gasteiger partial charge in [0, 0.05) is 16.2 Å². The third-order valence-electron chi connectivity index (χ3n) is 4.26. The van der Waals surface area contributed by atoms with E-state index in [0.29, 0.717) is 6.04 Å². The van der Waals surface area contributed by atoms with Crippen molar-refractivity contribution in [3.63, 3.8) is 0 Å². The fraction of sp³-hybridized carbons (Fsp3) is 0.263. The van der Waals surface area contributed by atoms with Gasteiger partial charge in [0.25, 0.3) is 0 Å². The molecular formula is C19H20BrN. The van der Waals surface area contributed by atoms with Crippen LogP contribution in [0.2, 0.25) is 0 Å². The summed E-state index contributed by atoms with van der Waals surface area (Å²) < 4.78 is 1.17. The summed E-state index contributed by atoms with van der Waals surface area (Å²) in [5.41, 5.74) is 6.92. The summed E-state index contributed by atoms with van der Waals surface area (Å²) in [6.07, 6.45) is 2.20. The zero-order chi connectivity index (χ0) is 14.8. The first-order chi connectivity index (χ1) is 10.1. The number of rotatable bonds is 3. The van der Waals surface area contributed by atoms with Crippen LogP contribution in [0, 0.1) is 0 Å². The molecule has 0 heterocycles. The Labute approximate surface area is 135 Å². The van der Waals surface area contributed by atoms with Crippen LogP contribution in [-0.2, 0) is 6.42 Å². The highest BCUT2D eigenvalue weighted by Gasteiger charge is 2.17. The third kappa shape index (κ3) is 3.06. The lowest BCUT2D eigenvalue weighted by molar-refractivity contribution is 0.624. The van der Waals surface area contributed by atoms with Crippen molar-refractivity contribution in [3.05, 3.63) is 75.4 Å². The molecular weight excluding hydrogens is 322 g/mol. The van der Waals surface area contributed by atoms with E-state index in [2.05, 4.69) is 83.6 Å². The van der Waals surface area contributed by atoms with Crippen LogP contribution in [0.15, 0.2) is 58.7 Å². The van der Waals surface area contributed by atoms with Crippen molar-refractivity contribution in [2.75, 3.05) is 0 Å². The maximum absolute atomic E-state index is 3.71. The molecule has 21 heavy (non-hydrogen) atoms. The van der Waals surface area contributed by atoms with Gasteiger partial charge in [-0.1, -0.05) is 52.3 Å². The molecule has 2 aromatic rings. The van der Waals surface area contributed by atoms with Gasteiger partial charge in [-0.3, -0.25) is 0 Å². The number of aryl methyl sites for hydroxylation is 1. The molecule has 0 saturated heterocycles. The summed E-state index contributed by atoms with van der Waals surface area (Å²) in [5, 5.41) is 3.71. The standard InChI is InChI=1S/C19H20BrN/c1-13-18-10-9-17(20)12-16(18)8-11-19(13)21-14(2)15-6-4-3-5-7-15/h3-7,9-10,12,14,21H,8,11H2,1-2H3/t14-/m1/s1. The molecule has 0 amide bonds. The first kappa shape index (κ1) is 14.4. The fourth-order valence-electron chi connectivity index (χ4n) is 3.01. The Bertz CT molecular complexity index is 673. The molecule has 3 rings (SSSR count). The second-order valence-electron chi connectivity index (χ2n) is 5.68. The summed E-state index contributed by atoms with van der Waals surface area (Å²) in [7, 11) is 0. The normalized spacial score (nSPS) is 15.6. The molecule has 108 valence electrons. The van der Waals surface area contributed by atoms with Crippen LogP contribution in [0.4, 0.5) is 0 Å². The molecule has 0 fully saturated rings. The van der Waals surface area contributed by atoms with E-state index < -0.39 is 0 Å². The topological polar surface area (TPSA) is 12.0 Å². The van der Waals surface area contributed by atoms with Crippen molar-refractivity contribution in [2.24, 2.45) is 0 Å². The second kappa shape index (κ2) is 6.07. The highest BCUT2D eigenvalue weighted by molar-refractivity contribution is 9.10. The van der Waals surface area contributed by atoms with E-state index in [1.54, 1.807) is 0 Å². The van der Waals surface area contributed by atoms with Crippen LogP contribution in [0.1, 0.15) is 43.0 Å². The van der Waals surface area contributed by atoms with Crippen LogP contribution >= 0.6 is 15.9 Å². The summed E-state index contributed by atoms with van der Waals surface area (Å²) >= 11 is 3.56. The number of halogens is 1. The van der Waals surface area contributed by atoms with Gasteiger partial charge in [-0.15, -0.1) is 0 Å². The van der Waals surface area contributed by atoms with Gasteiger partial charge in [-0.2, -0.15) is 0 Å². The number of benzene rings is 2. The quantitative estimate of drug-likeness (QED) is 0.779. The lowest BCUT2D eigenvalue weighted by atomic mass is 9.89. The molecule has 0 unspecified atom stereocenters. The van der Waals surface area contributed by atoms with Gasteiger partial charge in [0.2, 0.25) is 0 Å². The summed E-state index contributed by atoms with van der Waals surface area (Å²) in [4.78, 5) is 0. The smallest absolute Gasteiger partial charge is 0.0482 e. The lowest BCUT2D eigenvalue weighted by Gasteiger charge is -2.26. The van der Waals surface area contributed by atoms with Gasteiger partial charge in [-0.05, 0) is 61.1 Å². The molecule has 0 aromatic heterocycles. The minimum absolute atomic E-state index is 0.341. The van der Waals surface area contributed by atoms with E-state index in [9.17, 15) is 0 Å². The Hall–Kier alpha value is -1.54. The first-order valence-electron chi connectivity index (χ1n) is 7.45. The zero-order valence-electron chi connectivity index (χ0n) is 12.5. The van der Waals surface area contributed by atoms with E-state index in [1.807, 2.05) is 0 Å². The van der Waals surface area contributed by atoms with E-state index in [-0.39, 0.29) is 0 Å². The molecule has 2 aromatic carbocycles. The maximum Gasteiger partial charge on any atom is 0.0482 e. The molecule has 0 bridgehead atoms. The second-order valence-corrected chi connectivity index (χ2v) is 6.60. The molecule has 0 saturated carbocycles. The summed E-state index contributed by atoms with van der Waals surface area (Å²) in [6.45, 7) is 4.46. The monoisotopic (exact) mass is 341 g/mol. The van der Waals surface area contributed by atoms with Crippen molar-refractivity contribution >= 4 is 21.5 Å². The summed E-state index contributed by atoms with van der Waals surface area (Å²) in [5.74, 6) is 0. The molecule has 0 aliphatic heterocycles. The van der Waals surface area contributed by atoms with Gasteiger partial charge in [-0.25, -0.2) is 0 Å². The highest BCUT2D eigenvalue weighted by atomic mass is 79.9. The number of fused-ring (bicyclic) bond motifs is 1. The number of nitrogens with one attached hydrogen (secondary N) is 1. The molecule has 0 spiro atoms. The molecule has 1 atom stereocenters. The predicted octanol–water partition coefficient (Wildman–Crippen LogP) is 5.48. The maximum atomic E-state index is 3.71. The van der Waals surface area contributed by atoms with Crippen LogP contribution in [0.5, 0.6) is 0 Å². The van der Waals surface area contributed by atoms with Crippen molar-refractivity contribution in [1.29, 1.82) is 0 Å². The first-order valence-corrected chi connectivity index (χ1v) is 8.24. The van der Waals surface area contributed by atoms with Crippen LogP contribution in [-0.4, -0.2) is 0 Å². The molecule has 2 heteroatoms. The average molecular weight is 342 g/mol. The van der Waals surface area contributed by atoms with E-state index in [0.717, 1.165) is 12.8 Å². The Morgan fingerprint density at radius 3 is 2.57 bits per heavy atom. The Kier molecular flexibility index (Phi) is 4.16. The van der Waals surface area contributed by atoms with Crippen molar-refractivity contribution in [2.45, 2.75) is 32.7 Å². The SMILES string of the molecule is CC1=C(N[C@H](C)c2ccccc2)CCc2cc(Br)ccc21. The van der Waals surface area contributed by atoms with E-state index >= 15 is 0 Å². The molecule has 0 radical (unpaired) electrons. The van der Waals surface area contributed by atoms with Crippen LogP contribution < -0.4 is 5.32 Å². The van der Waals surface area contributed by atoms with Crippen molar-refractivity contribution in [3.8, 4) is 0 Å². The van der Waals surface area contributed by atoms with Gasteiger partial charge < -0.3 is 5.32 Å². The van der Waals surface area contributed by atoms with E-state index in [1.165, 1.54) is 32.4 Å². The molecule has 1 aliphatic rings. The molecule has 1 nitrogen and oxygen atoms in total. The zero-order valence-corrected chi connectivity index (χ0v) is 14.1. The van der Waals surface area contributed by atoms with Gasteiger partial charge in [0.05, 0.1) is 0 Å². The van der Waals surface area contributed by atoms with Crippen molar-refractivity contribution < 1.29 is 0 Å². The number of hydrogen-bond acceptors (Lipinski definition) is 1. The minimum Gasteiger partial charge on any atom is -0.382 e. The molecule has 1 N–H and O–H groups in total. The van der Waals surface area contributed by atoms with Crippen LogP contribution in [0.25, 0.3) is 5.57 Å². The Morgan fingerprint density at radius 2 is 1.81 bits per heavy atom. The average Bonchev–Trinajstić information content (AvgIpc) is 2.51. The lowest BCUT2D eigenvalue weighted by Crippen LogP contribution is -2.21. The largest absolute Gasteiger partial charge is 0.382 e. The molecule has 1 aliphatic carbocycles. The van der Waals surface area contributed by atoms with Crippen molar-refractivity contribution in [1.82, 2.24) is 5.32 Å². The third-order valence-corrected chi connectivity index (χ3v) is 4.75. The number of hydrogen-bond donors (Lipinski definition) is 1. The predicted molar refractivity (Wildman–Crippen MR) is 93.0 cm³/mol. The number of allylic oxidation sites excluding steroid dienone is 2. The van der Waals surface area contributed by atoms with E-state index in [4.69, 9.17) is 0 Å². The van der Waals surface area contributed by atoms with Gasteiger partial charge in [0.1, 0.15) is 0 Å². The highest BCUT2D eigenvalue weighted by Crippen LogP contribution is 2.32. The van der Waals surface area contributed by atoms with Gasteiger partial charge >= 0.3 is 0 Å². The summed E-state index contributed by atoms with van der Waals surface area (Å²) in [6, 6.07) is 17.6.